The molecule has 12 heteroatoms. The van der Waals surface area contributed by atoms with E-state index < -0.39 is 25.7 Å². The quantitative estimate of drug-likeness (QED) is 0.497. The number of hydrogen-bond acceptors (Lipinski definition) is 7. The third kappa shape index (κ3) is 6.65. The van der Waals surface area contributed by atoms with Gasteiger partial charge in [0.2, 0.25) is 15.9 Å². The number of carbonyl (C=O) groups excluding carboxylic acids is 1. The smallest absolute Gasteiger partial charge is 0.371 e. The molecule has 0 radical (unpaired) electrons. The minimum absolute atomic E-state index is 0.00131. The van der Waals surface area contributed by atoms with Crippen molar-refractivity contribution >= 4 is 26.2 Å². The van der Waals surface area contributed by atoms with Crippen molar-refractivity contribution in [2.75, 3.05) is 32.4 Å². The molecule has 2 fully saturated rings. The van der Waals surface area contributed by atoms with Crippen molar-refractivity contribution in [1.29, 1.82) is 0 Å². The van der Waals surface area contributed by atoms with Gasteiger partial charge in [0.05, 0.1) is 11.7 Å². The number of likely N-dealkylation sites (tertiary alicyclic amines) is 1. The van der Waals surface area contributed by atoms with Crippen molar-refractivity contribution < 1.29 is 25.8 Å². The summed E-state index contributed by atoms with van der Waals surface area (Å²) < 4.78 is 53.4. The predicted molar refractivity (Wildman–Crippen MR) is 142 cm³/mol. The second-order valence-electron chi connectivity index (χ2n) is 11.2. The van der Waals surface area contributed by atoms with Gasteiger partial charge in [0.15, 0.2) is 0 Å². The predicted octanol–water partition coefficient (Wildman–Crippen LogP) is 1.71. The molecule has 3 N–H and O–H groups in total. The van der Waals surface area contributed by atoms with Gasteiger partial charge in [-0.2, -0.15) is 13.6 Å². The lowest BCUT2D eigenvalue weighted by atomic mass is 9.67. The summed E-state index contributed by atoms with van der Waals surface area (Å²) in [6.45, 7) is 6.80. The molecular formula is C25H40N4O6S2. The first-order chi connectivity index (χ1) is 17.3. The first-order valence-corrected chi connectivity index (χ1v) is 16.5. The third-order valence-corrected chi connectivity index (χ3v) is 9.61. The summed E-state index contributed by atoms with van der Waals surface area (Å²) in [5.41, 5.74) is 0.963. The Bertz CT molecular complexity index is 1200. The van der Waals surface area contributed by atoms with E-state index in [4.69, 9.17) is 9.32 Å². The number of benzene rings is 1. The lowest BCUT2D eigenvalue weighted by Crippen LogP contribution is -2.58. The molecule has 1 saturated heterocycles. The monoisotopic (exact) mass is 556 g/mol. The van der Waals surface area contributed by atoms with Gasteiger partial charge in [0.1, 0.15) is 5.75 Å². The normalized spacial score (nSPS) is 24.9. The zero-order valence-electron chi connectivity index (χ0n) is 22.0. The second-order valence-corrected chi connectivity index (χ2v) is 14.2. The van der Waals surface area contributed by atoms with Crippen molar-refractivity contribution in [2.24, 2.45) is 17.0 Å². The van der Waals surface area contributed by atoms with Gasteiger partial charge >= 0.3 is 10.3 Å². The van der Waals surface area contributed by atoms with Crippen LogP contribution in [0.4, 0.5) is 0 Å². The molecule has 0 atom stereocenters. The van der Waals surface area contributed by atoms with Crippen LogP contribution in [0.2, 0.25) is 0 Å². The largest absolute Gasteiger partial charge is 0.380 e. The number of nitrogens with two attached hydrogens (primary N) is 1. The highest BCUT2D eigenvalue weighted by molar-refractivity contribution is 7.88. The van der Waals surface area contributed by atoms with Crippen molar-refractivity contribution in [1.82, 2.24) is 14.5 Å². The molecule has 1 amide bonds. The number of carbonyl (C=O) groups is 1. The Morgan fingerprint density at radius 1 is 1.11 bits per heavy atom. The van der Waals surface area contributed by atoms with Crippen LogP contribution in [0.3, 0.4) is 0 Å². The number of rotatable bonds is 8. The topological polar surface area (TPSA) is 139 Å². The molecule has 0 unspecified atom stereocenters. The average molecular weight is 557 g/mol. The molecule has 0 bridgehead atoms. The van der Waals surface area contributed by atoms with E-state index in [1.807, 2.05) is 0 Å². The molecular weight excluding hydrogens is 516 g/mol. The summed E-state index contributed by atoms with van der Waals surface area (Å²) >= 11 is 0. The van der Waals surface area contributed by atoms with Gasteiger partial charge in [-0.05, 0) is 86.7 Å². The van der Waals surface area contributed by atoms with E-state index in [2.05, 4.69) is 23.5 Å². The van der Waals surface area contributed by atoms with Crippen LogP contribution in [0.25, 0.3) is 0 Å². The molecule has 0 aromatic heterocycles. The number of nitrogens with zero attached hydrogens (tertiary/aromatic N) is 2. The Kier molecular flexibility index (Phi) is 8.25. The number of amides is 1. The maximum Gasteiger partial charge on any atom is 0.380 e. The second kappa shape index (κ2) is 10.8. The summed E-state index contributed by atoms with van der Waals surface area (Å²) in [6.07, 6.45) is 7.29. The molecule has 3 aliphatic rings. The van der Waals surface area contributed by atoms with Gasteiger partial charge in [-0.3, -0.25) is 4.79 Å². The summed E-state index contributed by atoms with van der Waals surface area (Å²) in [5, 5.41) is 5.06. The van der Waals surface area contributed by atoms with Crippen LogP contribution in [0.5, 0.6) is 5.75 Å². The van der Waals surface area contributed by atoms with Crippen molar-refractivity contribution in [3.8, 4) is 5.75 Å². The van der Waals surface area contributed by atoms with Crippen LogP contribution >= 0.6 is 0 Å². The minimum Gasteiger partial charge on any atom is -0.371 e. The van der Waals surface area contributed by atoms with Crippen molar-refractivity contribution in [3.05, 3.63) is 29.3 Å². The molecule has 1 saturated carbocycles. The summed E-state index contributed by atoms with van der Waals surface area (Å²) in [5.74, 6) is 1.60. The van der Waals surface area contributed by atoms with E-state index in [1.54, 1.807) is 23.1 Å². The molecule has 4 rings (SSSR count). The Morgan fingerprint density at radius 3 is 2.32 bits per heavy atom. The highest BCUT2D eigenvalue weighted by Crippen LogP contribution is 2.45. The Morgan fingerprint density at radius 2 is 1.76 bits per heavy atom. The molecule has 208 valence electrons. The van der Waals surface area contributed by atoms with E-state index in [-0.39, 0.29) is 31.3 Å². The Hall–Kier alpha value is -1.73. The maximum atomic E-state index is 13.9. The average Bonchev–Trinajstić information content (AvgIpc) is 2.81. The van der Waals surface area contributed by atoms with E-state index in [0.717, 1.165) is 36.4 Å². The van der Waals surface area contributed by atoms with Crippen LogP contribution in [-0.2, 0) is 37.1 Å². The fraction of sp³-hybridized carbons (Fsp3) is 0.720. The molecule has 37 heavy (non-hydrogen) atoms. The first kappa shape index (κ1) is 28.3. The van der Waals surface area contributed by atoms with Crippen LogP contribution < -0.4 is 14.0 Å². The maximum absolute atomic E-state index is 13.9. The molecule has 1 aromatic carbocycles. The van der Waals surface area contributed by atoms with Crippen LogP contribution in [-0.4, -0.2) is 71.0 Å². The van der Waals surface area contributed by atoms with Gasteiger partial charge in [-0.1, -0.05) is 19.9 Å². The number of piperidine rings is 1. The minimum atomic E-state index is -4.19. The van der Waals surface area contributed by atoms with Crippen LogP contribution in [0.1, 0.15) is 63.5 Å². The van der Waals surface area contributed by atoms with E-state index >= 15 is 0 Å². The third-order valence-electron chi connectivity index (χ3n) is 8.46. The standard InChI is InChI=1S/C25H40N4O6S2/c1-18(2)19-4-6-21(7-5-19)28-13-10-25(11-14-28)23-9-8-22(35-37(26,33)34)16-20(23)17-29(24(25)30)15-12-27-36(3,31)32/h8-9,16,18-19,21,27H,4-7,10-15,17H2,1-3H3,(H2,26,33,34). The van der Waals surface area contributed by atoms with Crippen LogP contribution in [0, 0.1) is 11.8 Å². The fourth-order valence-corrected chi connectivity index (χ4v) is 7.32. The fourth-order valence-electron chi connectivity index (χ4n) is 6.48. The van der Waals surface area contributed by atoms with Crippen molar-refractivity contribution in [3.63, 3.8) is 0 Å². The Labute approximate surface area is 221 Å². The lowest BCUT2D eigenvalue weighted by Gasteiger charge is -2.49. The van der Waals surface area contributed by atoms with Gasteiger partial charge in [0, 0.05) is 25.7 Å². The molecule has 1 spiro atoms. The number of fused-ring (bicyclic) bond motifs is 2. The van der Waals surface area contributed by atoms with E-state index in [0.29, 0.717) is 24.8 Å². The lowest BCUT2D eigenvalue weighted by molar-refractivity contribution is -0.142. The van der Waals surface area contributed by atoms with E-state index in [9.17, 15) is 21.6 Å². The van der Waals surface area contributed by atoms with Gasteiger partial charge in [-0.15, -0.1) is 0 Å². The molecule has 1 aromatic rings. The molecule has 2 heterocycles. The highest BCUT2D eigenvalue weighted by Gasteiger charge is 2.49. The van der Waals surface area contributed by atoms with Gasteiger partial charge in [-0.25, -0.2) is 13.1 Å². The van der Waals surface area contributed by atoms with Crippen molar-refractivity contribution in [2.45, 2.75) is 70.4 Å². The SMILES string of the molecule is CC(C)C1CCC(N2CCC3(CC2)C(=O)N(CCNS(C)(=O)=O)Cc2cc(OS(N)(=O)=O)ccc23)CC1. The first-order valence-electron chi connectivity index (χ1n) is 13.1. The number of hydrogen-bond donors (Lipinski definition) is 2. The zero-order chi connectivity index (χ0) is 27.0. The molecule has 2 aliphatic heterocycles. The van der Waals surface area contributed by atoms with Gasteiger partial charge in [0.25, 0.3) is 0 Å². The highest BCUT2D eigenvalue weighted by atomic mass is 32.2. The van der Waals surface area contributed by atoms with Gasteiger partial charge < -0.3 is 14.0 Å². The summed E-state index contributed by atoms with van der Waals surface area (Å²) in [7, 11) is -7.57. The van der Waals surface area contributed by atoms with E-state index in [1.165, 1.54) is 25.7 Å². The Balaban J connectivity index is 1.55. The molecule has 1 aliphatic carbocycles. The summed E-state index contributed by atoms with van der Waals surface area (Å²) in [6, 6.07) is 5.53. The number of nitrogens with one attached hydrogen (secondary N) is 1. The summed E-state index contributed by atoms with van der Waals surface area (Å²) in [4.78, 5) is 18.1. The zero-order valence-corrected chi connectivity index (χ0v) is 23.6. The molecule has 10 nitrogen and oxygen atoms in total. The van der Waals surface area contributed by atoms with Crippen LogP contribution in [0.15, 0.2) is 18.2 Å². The number of sulfonamides is 1.